The Labute approximate surface area is 162 Å². The summed E-state index contributed by atoms with van der Waals surface area (Å²) in [7, 11) is -3.36. The fourth-order valence-corrected chi connectivity index (χ4v) is 5.03. The highest BCUT2D eigenvalue weighted by molar-refractivity contribution is 7.92. The molecule has 1 fully saturated rings. The van der Waals surface area contributed by atoms with Crippen molar-refractivity contribution >= 4 is 32.8 Å². The van der Waals surface area contributed by atoms with Gasteiger partial charge in [-0.25, -0.2) is 13.4 Å². The molecule has 9 heteroatoms. The maximum absolute atomic E-state index is 11.6. The SMILES string of the molecule is CS(=O)(=O)Nc1ccccc1C1CC(c2csc(C3CCNCC3)n2)=NO1. The Bertz CT molecular complexity index is 949. The van der Waals surface area contributed by atoms with Gasteiger partial charge in [-0.3, -0.25) is 4.72 Å². The zero-order valence-corrected chi connectivity index (χ0v) is 16.6. The van der Waals surface area contributed by atoms with Gasteiger partial charge in [0.15, 0.2) is 6.10 Å². The normalized spacial score (nSPS) is 20.9. The Kier molecular flexibility index (Phi) is 5.16. The first-order valence-electron chi connectivity index (χ1n) is 8.95. The second kappa shape index (κ2) is 7.57. The summed E-state index contributed by atoms with van der Waals surface area (Å²) in [6.07, 6.45) is 3.61. The molecule has 0 aliphatic carbocycles. The number of anilines is 1. The lowest BCUT2D eigenvalue weighted by Crippen LogP contribution is -2.26. The molecule has 2 aromatic rings. The largest absolute Gasteiger partial charge is 0.387 e. The van der Waals surface area contributed by atoms with E-state index in [1.54, 1.807) is 23.5 Å². The van der Waals surface area contributed by atoms with Gasteiger partial charge in [-0.05, 0) is 32.0 Å². The van der Waals surface area contributed by atoms with E-state index in [0.717, 1.165) is 54.2 Å². The lowest BCUT2D eigenvalue weighted by Gasteiger charge is -2.20. The van der Waals surface area contributed by atoms with Gasteiger partial charge in [0.2, 0.25) is 10.0 Å². The molecule has 0 saturated carbocycles. The van der Waals surface area contributed by atoms with Crippen molar-refractivity contribution in [3.63, 3.8) is 0 Å². The number of benzene rings is 1. The van der Waals surface area contributed by atoms with Crippen molar-refractivity contribution in [1.82, 2.24) is 10.3 Å². The van der Waals surface area contributed by atoms with Crippen molar-refractivity contribution in [2.75, 3.05) is 24.1 Å². The Morgan fingerprint density at radius 1 is 1.26 bits per heavy atom. The van der Waals surface area contributed by atoms with Crippen LogP contribution in [0.1, 0.15) is 47.5 Å². The average Bonchev–Trinajstić information content (AvgIpc) is 3.31. The second-order valence-corrected chi connectivity index (χ2v) is 9.53. The van der Waals surface area contributed by atoms with E-state index in [-0.39, 0.29) is 6.10 Å². The summed E-state index contributed by atoms with van der Waals surface area (Å²) < 4.78 is 25.8. The smallest absolute Gasteiger partial charge is 0.229 e. The number of hydrogen-bond donors (Lipinski definition) is 2. The van der Waals surface area contributed by atoms with Crippen molar-refractivity contribution in [1.29, 1.82) is 0 Å². The van der Waals surface area contributed by atoms with Gasteiger partial charge in [0.1, 0.15) is 5.71 Å². The summed E-state index contributed by atoms with van der Waals surface area (Å²) in [5.41, 5.74) is 2.97. The van der Waals surface area contributed by atoms with Crippen LogP contribution in [0, 0.1) is 0 Å². The number of rotatable bonds is 5. The van der Waals surface area contributed by atoms with Gasteiger partial charge in [-0.1, -0.05) is 23.4 Å². The first-order valence-corrected chi connectivity index (χ1v) is 11.7. The monoisotopic (exact) mass is 406 g/mol. The number of sulfonamides is 1. The minimum absolute atomic E-state index is 0.325. The number of para-hydroxylation sites is 1. The van der Waals surface area contributed by atoms with Crippen molar-refractivity contribution in [3.05, 3.63) is 45.9 Å². The molecule has 0 bridgehead atoms. The van der Waals surface area contributed by atoms with E-state index < -0.39 is 10.0 Å². The van der Waals surface area contributed by atoms with E-state index in [0.29, 0.717) is 18.0 Å². The molecule has 7 nitrogen and oxygen atoms in total. The van der Waals surface area contributed by atoms with Crippen molar-refractivity contribution in [3.8, 4) is 0 Å². The molecule has 1 saturated heterocycles. The Morgan fingerprint density at radius 2 is 2.04 bits per heavy atom. The molecule has 2 aliphatic rings. The van der Waals surface area contributed by atoms with E-state index in [4.69, 9.17) is 9.82 Å². The van der Waals surface area contributed by atoms with Crippen molar-refractivity contribution in [2.24, 2.45) is 5.16 Å². The van der Waals surface area contributed by atoms with Crippen LogP contribution in [0.5, 0.6) is 0 Å². The maximum atomic E-state index is 11.6. The highest BCUT2D eigenvalue weighted by Crippen LogP contribution is 2.35. The van der Waals surface area contributed by atoms with Crippen LogP contribution in [0.25, 0.3) is 0 Å². The maximum Gasteiger partial charge on any atom is 0.229 e. The minimum Gasteiger partial charge on any atom is -0.387 e. The van der Waals surface area contributed by atoms with Gasteiger partial charge < -0.3 is 10.2 Å². The number of oxime groups is 1. The summed E-state index contributed by atoms with van der Waals surface area (Å²) in [6.45, 7) is 2.08. The van der Waals surface area contributed by atoms with Gasteiger partial charge in [0.05, 0.1) is 22.6 Å². The third kappa shape index (κ3) is 4.31. The first kappa shape index (κ1) is 18.4. The third-order valence-corrected chi connectivity index (χ3v) is 6.38. The number of aromatic nitrogens is 1. The van der Waals surface area contributed by atoms with Gasteiger partial charge in [-0.15, -0.1) is 11.3 Å². The van der Waals surface area contributed by atoms with Crippen LogP contribution >= 0.6 is 11.3 Å². The lowest BCUT2D eigenvalue weighted by atomic mass is 9.99. The van der Waals surface area contributed by atoms with Crippen LogP contribution in [-0.4, -0.2) is 38.5 Å². The summed E-state index contributed by atoms with van der Waals surface area (Å²) in [4.78, 5) is 10.4. The van der Waals surface area contributed by atoms with Crippen LogP contribution in [-0.2, 0) is 14.9 Å². The molecule has 4 rings (SSSR count). The number of nitrogens with one attached hydrogen (secondary N) is 2. The Morgan fingerprint density at radius 3 is 2.81 bits per heavy atom. The topological polar surface area (TPSA) is 92.7 Å². The summed E-state index contributed by atoms with van der Waals surface area (Å²) in [5.74, 6) is 0.517. The molecule has 1 atom stereocenters. The number of hydrogen-bond acceptors (Lipinski definition) is 7. The molecule has 0 radical (unpaired) electrons. The van der Waals surface area contributed by atoms with Crippen LogP contribution in [0.4, 0.5) is 5.69 Å². The van der Waals surface area contributed by atoms with E-state index in [1.807, 2.05) is 17.5 Å². The lowest BCUT2D eigenvalue weighted by molar-refractivity contribution is 0.0862. The molecular weight excluding hydrogens is 384 g/mol. The quantitative estimate of drug-likeness (QED) is 0.796. The van der Waals surface area contributed by atoms with Crippen LogP contribution in [0.2, 0.25) is 0 Å². The number of piperidine rings is 1. The van der Waals surface area contributed by atoms with E-state index in [2.05, 4.69) is 15.2 Å². The molecule has 0 spiro atoms. The van der Waals surface area contributed by atoms with E-state index >= 15 is 0 Å². The molecule has 1 aromatic heterocycles. The highest BCUT2D eigenvalue weighted by Gasteiger charge is 2.28. The van der Waals surface area contributed by atoms with Gasteiger partial charge in [-0.2, -0.15) is 0 Å². The predicted octanol–water partition coefficient (Wildman–Crippen LogP) is 2.85. The van der Waals surface area contributed by atoms with Gasteiger partial charge in [0.25, 0.3) is 0 Å². The number of nitrogens with zero attached hydrogens (tertiary/aromatic N) is 2. The summed E-state index contributed by atoms with van der Waals surface area (Å²) in [6, 6.07) is 7.25. The van der Waals surface area contributed by atoms with Crippen molar-refractivity contribution < 1.29 is 13.3 Å². The Hall–Kier alpha value is -1.97. The molecule has 144 valence electrons. The molecule has 3 heterocycles. The highest BCUT2D eigenvalue weighted by atomic mass is 32.2. The average molecular weight is 407 g/mol. The van der Waals surface area contributed by atoms with Crippen LogP contribution in [0.3, 0.4) is 0 Å². The molecule has 1 aromatic carbocycles. The predicted molar refractivity (Wildman–Crippen MR) is 107 cm³/mol. The second-order valence-electron chi connectivity index (χ2n) is 6.89. The van der Waals surface area contributed by atoms with E-state index in [1.165, 1.54) is 0 Å². The first-order chi connectivity index (χ1) is 13.0. The third-order valence-electron chi connectivity index (χ3n) is 4.78. The number of thiazole rings is 1. The molecule has 2 aliphatic heterocycles. The zero-order valence-electron chi connectivity index (χ0n) is 15.0. The summed E-state index contributed by atoms with van der Waals surface area (Å²) in [5, 5.41) is 10.8. The molecule has 0 amide bonds. The minimum atomic E-state index is -3.36. The Balaban J connectivity index is 1.49. The molecule has 27 heavy (non-hydrogen) atoms. The van der Waals surface area contributed by atoms with Crippen molar-refractivity contribution in [2.45, 2.75) is 31.3 Å². The molecule has 2 N–H and O–H groups in total. The molecular formula is C18H22N4O3S2. The molecule has 1 unspecified atom stereocenters. The summed E-state index contributed by atoms with van der Waals surface area (Å²) >= 11 is 1.68. The zero-order chi connectivity index (χ0) is 18.9. The van der Waals surface area contributed by atoms with Gasteiger partial charge in [0, 0.05) is 23.3 Å². The fourth-order valence-electron chi connectivity index (χ4n) is 3.44. The fraction of sp³-hybridized carbons (Fsp3) is 0.444. The van der Waals surface area contributed by atoms with E-state index in [9.17, 15) is 8.42 Å². The van der Waals surface area contributed by atoms with Crippen LogP contribution < -0.4 is 10.0 Å². The van der Waals surface area contributed by atoms with Crippen LogP contribution in [0.15, 0.2) is 34.8 Å². The van der Waals surface area contributed by atoms with Gasteiger partial charge >= 0.3 is 0 Å². The standard InChI is InChI=1S/C18H22N4O3S2/c1-27(23,24)22-14-5-3-2-4-13(14)17-10-15(21-25-17)16-11-26-18(20-16)12-6-8-19-9-7-12/h2-5,11-12,17,19,22H,6-10H2,1H3.